The topological polar surface area (TPSA) is 58.6 Å². The van der Waals surface area contributed by atoms with Crippen LogP contribution in [0.1, 0.15) is 20.3 Å². The van der Waals surface area contributed by atoms with Gasteiger partial charge >= 0.3 is 0 Å². The molecule has 18 heavy (non-hydrogen) atoms. The van der Waals surface area contributed by atoms with Gasteiger partial charge in [0, 0.05) is 24.1 Å². The average Bonchev–Trinajstić information content (AvgIpc) is 2.32. The average molecular weight is 254 g/mol. The number of rotatable bonds is 4. The summed E-state index contributed by atoms with van der Waals surface area (Å²) in [5.74, 6) is -1.43. The monoisotopic (exact) mass is 254 g/mol. The highest BCUT2D eigenvalue weighted by atomic mass is 19.1. The summed E-state index contributed by atoms with van der Waals surface area (Å²) in [5, 5.41) is 9.98. The quantitative estimate of drug-likeness (QED) is 0.811. The Hall–Kier alpha value is -1.75. The highest BCUT2D eigenvalue weighted by Crippen LogP contribution is 2.21. The Bertz CT molecular complexity index is 482. The van der Waals surface area contributed by atoms with Crippen LogP contribution in [0.25, 0.3) is 0 Å². The van der Waals surface area contributed by atoms with E-state index in [1.54, 1.807) is 13.8 Å². The molecule has 0 fully saturated rings. The van der Waals surface area contributed by atoms with Gasteiger partial charge in [-0.15, -0.1) is 0 Å². The Kier molecular flexibility index (Phi) is 4.55. The van der Waals surface area contributed by atoms with Gasteiger partial charge in [-0.25, -0.2) is 8.78 Å². The minimum absolute atomic E-state index is 0.0114. The lowest BCUT2D eigenvalue weighted by molar-refractivity contribution is 0.101. The minimum Gasteiger partial charge on any atom is -0.404 e. The number of nitrogens with zero attached hydrogens (tertiary/aromatic N) is 1. The van der Waals surface area contributed by atoms with Crippen molar-refractivity contribution in [1.29, 1.82) is 0 Å². The molecule has 0 aliphatic rings. The Balaban J connectivity index is 2.99. The molecule has 3 nitrogen and oxygen atoms in total. The molecule has 98 valence electrons. The molecule has 0 saturated heterocycles. The zero-order chi connectivity index (χ0) is 13.8. The van der Waals surface area contributed by atoms with E-state index < -0.39 is 17.2 Å². The standard InChI is InChI=1S/C13H16F2N2O/c1-3-13(2,18)9(7-16)8-17-12-5-4-10(14)6-11(12)15/h4-8,18H,3,16H2,1-2H3. The maximum atomic E-state index is 13.3. The molecule has 0 aliphatic carbocycles. The van der Waals surface area contributed by atoms with Crippen molar-refractivity contribution in [2.45, 2.75) is 25.9 Å². The molecule has 3 N–H and O–H groups in total. The SMILES string of the molecule is CCC(C)(O)C(C=Nc1ccc(F)cc1F)=CN. The predicted molar refractivity (Wildman–Crippen MR) is 67.7 cm³/mol. The molecule has 0 heterocycles. The minimum atomic E-state index is -1.13. The van der Waals surface area contributed by atoms with Crippen molar-refractivity contribution < 1.29 is 13.9 Å². The summed E-state index contributed by atoms with van der Waals surface area (Å²) in [7, 11) is 0. The van der Waals surface area contributed by atoms with E-state index in [2.05, 4.69) is 4.99 Å². The third-order valence-corrected chi connectivity index (χ3v) is 2.74. The van der Waals surface area contributed by atoms with Gasteiger partial charge in [0.2, 0.25) is 0 Å². The van der Waals surface area contributed by atoms with Gasteiger partial charge in [-0.3, -0.25) is 4.99 Å². The van der Waals surface area contributed by atoms with Crippen molar-refractivity contribution >= 4 is 11.9 Å². The molecule has 0 aliphatic heterocycles. The zero-order valence-corrected chi connectivity index (χ0v) is 10.3. The molecule has 0 bridgehead atoms. The van der Waals surface area contributed by atoms with Crippen LogP contribution in [-0.2, 0) is 0 Å². The van der Waals surface area contributed by atoms with Crippen LogP contribution in [0.15, 0.2) is 35.0 Å². The van der Waals surface area contributed by atoms with E-state index in [0.717, 1.165) is 12.1 Å². The van der Waals surface area contributed by atoms with Gasteiger partial charge in [-0.2, -0.15) is 0 Å². The van der Waals surface area contributed by atoms with Crippen LogP contribution in [0.5, 0.6) is 0 Å². The molecule has 1 aromatic rings. The number of nitrogens with two attached hydrogens (primary N) is 1. The van der Waals surface area contributed by atoms with E-state index in [9.17, 15) is 13.9 Å². The van der Waals surface area contributed by atoms with E-state index in [-0.39, 0.29) is 5.69 Å². The molecule has 0 spiro atoms. The first-order valence-corrected chi connectivity index (χ1v) is 5.54. The predicted octanol–water partition coefficient (Wildman–Crippen LogP) is 2.67. The van der Waals surface area contributed by atoms with E-state index >= 15 is 0 Å². The lowest BCUT2D eigenvalue weighted by Gasteiger charge is -2.21. The molecule has 1 atom stereocenters. The molecule has 0 saturated carbocycles. The van der Waals surface area contributed by atoms with Crippen LogP contribution in [0.3, 0.4) is 0 Å². The lowest BCUT2D eigenvalue weighted by atomic mass is 9.94. The zero-order valence-electron chi connectivity index (χ0n) is 10.3. The van der Waals surface area contributed by atoms with Crippen LogP contribution in [0.2, 0.25) is 0 Å². The van der Waals surface area contributed by atoms with Gasteiger partial charge in [-0.05, 0) is 25.5 Å². The fraction of sp³-hybridized carbons (Fsp3) is 0.308. The molecule has 5 heteroatoms. The molecule has 0 radical (unpaired) electrons. The van der Waals surface area contributed by atoms with Gasteiger partial charge in [0.1, 0.15) is 5.82 Å². The van der Waals surface area contributed by atoms with Crippen LogP contribution in [0.4, 0.5) is 14.5 Å². The lowest BCUT2D eigenvalue weighted by Crippen LogP contribution is -2.27. The van der Waals surface area contributed by atoms with Gasteiger partial charge < -0.3 is 10.8 Å². The van der Waals surface area contributed by atoms with Gasteiger partial charge in [0.15, 0.2) is 5.82 Å². The fourth-order valence-corrected chi connectivity index (χ4v) is 1.29. The van der Waals surface area contributed by atoms with Crippen LogP contribution in [0, 0.1) is 11.6 Å². The fourth-order valence-electron chi connectivity index (χ4n) is 1.29. The summed E-state index contributed by atoms with van der Waals surface area (Å²) in [6.07, 6.45) is 2.93. The summed E-state index contributed by atoms with van der Waals surface area (Å²) in [5.41, 5.74) is 4.62. The van der Waals surface area contributed by atoms with E-state index in [1.165, 1.54) is 18.5 Å². The van der Waals surface area contributed by atoms with Crippen molar-refractivity contribution in [2.75, 3.05) is 0 Å². The van der Waals surface area contributed by atoms with E-state index in [0.29, 0.717) is 12.0 Å². The van der Waals surface area contributed by atoms with Crippen LogP contribution >= 0.6 is 0 Å². The van der Waals surface area contributed by atoms with Gasteiger partial charge in [0.25, 0.3) is 0 Å². The first-order valence-electron chi connectivity index (χ1n) is 5.54. The second-order valence-corrected chi connectivity index (χ2v) is 4.10. The summed E-state index contributed by atoms with van der Waals surface area (Å²) in [6, 6.07) is 3.08. The Labute approximate surface area is 105 Å². The maximum Gasteiger partial charge on any atom is 0.151 e. The maximum absolute atomic E-state index is 13.3. The molecule has 0 aromatic heterocycles. The Morgan fingerprint density at radius 3 is 2.67 bits per heavy atom. The highest BCUT2D eigenvalue weighted by molar-refractivity contribution is 5.83. The molecule has 1 rings (SSSR count). The number of benzene rings is 1. The first kappa shape index (κ1) is 14.3. The third-order valence-electron chi connectivity index (χ3n) is 2.74. The van der Waals surface area contributed by atoms with E-state index in [1.807, 2.05) is 0 Å². The number of halogens is 2. The molecular formula is C13H16F2N2O. The van der Waals surface area contributed by atoms with E-state index in [4.69, 9.17) is 5.73 Å². The van der Waals surface area contributed by atoms with Crippen molar-refractivity contribution in [3.8, 4) is 0 Å². The molecule has 0 amide bonds. The first-order chi connectivity index (χ1) is 8.40. The molecule has 1 unspecified atom stereocenters. The second-order valence-electron chi connectivity index (χ2n) is 4.10. The summed E-state index contributed by atoms with van der Waals surface area (Å²) < 4.78 is 26.0. The highest BCUT2D eigenvalue weighted by Gasteiger charge is 2.21. The number of hydrogen-bond donors (Lipinski definition) is 2. The summed E-state index contributed by atoms with van der Waals surface area (Å²) in [4.78, 5) is 3.86. The third kappa shape index (κ3) is 3.37. The number of aliphatic hydroxyl groups is 1. The second kappa shape index (κ2) is 5.73. The molecule has 1 aromatic carbocycles. The van der Waals surface area contributed by atoms with Gasteiger partial charge in [-0.1, -0.05) is 6.92 Å². The van der Waals surface area contributed by atoms with Crippen LogP contribution < -0.4 is 5.73 Å². The Morgan fingerprint density at radius 2 is 2.17 bits per heavy atom. The molecular weight excluding hydrogens is 238 g/mol. The van der Waals surface area contributed by atoms with Crippen LogP contribution in [-0.4, -0.2) is 16.9 Å². The summed E-state index contributed by atoms with van der Waals surface area (Å²) >= 11 is 0. The van der Waals surface area contributed by atoms with Gasteiger partial charge in [0.05, 0.1) is 11.3 Å². The van der Waals surface area contributed by atoms with Crippen molar-refractivity contribution in [3.05, 3.63) is 41.6 Å². The smallest absolute Gasteiger partial charge is 0.151 e. The van der Waals surface area contributed by atoms with Crippen molar-refractivity contribution in [1.82, 2.24) is 0 Å². The summed E-state index contributed by atoms with van der Waals surface area (Å²) in [6.45, 7) is 3.37. The number of aliphatic imine (C=N–C) groups is 1. The Morgan fingerprint density at radius 1 is 1.50 bits per heavy atom. The van der Waals surface area contributed by atoms with Crippen molar-refractivity contribution in [2.24, 2.45) is 10.7 Å². The normalized spacial score (nSPS) is 15.9. The van der Waals surface area contributed by atoms with Crippen molar-refractivity contribution in [3.63, 3.8) is 0 Å². The number of hydrogen-bond acceptors (Lipinski definition) is 3. The largest absolute Gasteiger partial charge is 0.404 e.